The Morgan fingerprint density at radius 1 is 1.43 bits per heavy atom. The number of anilines is 1. The predicted molar refractivity (Wildman–Crippen MR) is 58.1 cm³/mol. The van der Waals surface area contributed by atoms with Crippen LogP contribution in [0.2, 0.25) is 0 Å². The van der Waals surface area contributed by atoms with Gasteiger partial charge in [-0.05, 0) is 31.0 Å². The molecule has 76 valence electrons. The molecule has 3 N–H and O–H groups in total. The zero-order valence-electron chi connectivity index (χ0n) is 8.42. The number of amides is 1. The monoisotopic (exact) mass is 192 g/mol. The van der Waals surface area contributed by atoms with Crippen molar-refractivity contribution >= 4 is 11.6 Å². The Morgan fingerprint density at radius 2 is 2.14 bits per heavy atom. The van der Waals surface area contributed by atoms with Crippen LogP contribution in [0.1, 0.15) is 18.9 Å². The second-order valence-corrected chi connectivity index (χ2v) is 3.23. The van der Waals surface area contributed by atoms with E-state index in [1.54, 1.807) is 0 Å². The molecule has 0 atom stereocenters. The van der Waals surface area contributed by atoms with Crippen molar-refractivity contribution in [1.82, 2.24) is 0 Å². The summed E-state index contributed by atoms with van der Waals surface area (Å²) < 4.78 is 0. The molecule has 0 aromatic heterocycles. The van der Waals surface area contributed by atoms with E-state index < -0.39 is 0 Å². The number of nitrogens with two attached hydrogens (primary N) is 1. The lowest BCUT2D eigenvalue weighted by molar-refractivity contribution is -0.114. The summed E-state index contributed by atoms with van der Waals surface area (Å²) in [7, 11) is 0. The summed E-state index contributed by atoms with van der Waals surface area (Å²) in [5.41, 5.74) is 7.48. The van der Waals surface area contributed by atoms with Crippen molar-refractivity contribution in [1.29, 1.82) is 0 Å². The van der Waals surface area contributed by atoms with Crippen molar-refractivity contribution in [3.63, 3.8) is 0 Å². The molecule has 0 saturated carbocycles. The molecule has 0 unspecified atom stereocenters. The van der Waals surface area contributed by atoms with Crippen LogP contribution in [0.3, 0.4) is 0 Å². The maximum Gasteiger partial charge on any atom is 0.221 e. The maximum atomic E-state index is 10.9. The van der Waals surface area contributed by atoms with Gasteiger partial charge in [-0.3, -0.25) is 4.79 Å². The molecule has 14 heavy (non-hydrogen) atoms. The standard InChI is InChI=1S/C11H16N2O/c1-9(14)13-11-7-3-2-5-10(11)6-4-8-12/h2-3,5,7H,4,6,8,12H2,1H3,(H,13,14). The van der Waals surface area contributed by atoms with E-state index in [0.29, 0.717) is 6.54 Å². The largest absolute Gasteiger partial charge is 0.330 e. The third kappa shape index (κ3) is 3.18. The highest BCUT2D eigenvalue weighted by molar-refractivity contribution is 5.89. The molecular formula is C11H16N2O. The lowest BCUT2D eigenvalue weighted by Gasteiger charge is -2.08. The van der Waals surface area contributed by atoms with E-state index in [1.165, 1.54) is 6.92 Å². The van der Waals surface area contributed by atoms with E-state index in [4.69, 9.17) is 5.73 Å². The van der Waals surface area contributed by atoms with Crippen LogP contribution in [-0.2, 0) is 11.2 Å². The van der Waals surface area contributed by atoms with Crippen molar-refractivity contribution in [2.24, 2.45) is 5.73 Å². The highest BCUT2D eigenvalue weighted by Gasteiger charge is 2.01. The minimum absolute atomic E-state index is 0.0369. The first-order valence-electron chi connectivity index (χ1n) is 4.79. The van der Waals surface area contributed by atoms with Crippen molar-refractivity contribution in [2.75, 3.05) is 11.9 Å². The number of nitrogens with one attached hydrogen (secondary N) is 1. The van der Waals surface area contributed by atoms with Crippen LogP contribution in [0.25, 0.3) is 0 Å². The van der Waals surface area contributed by atoms with E-state index in [0.717, 1.165) is 24.1 Å². The first-order valence-corrected chi connectivity index (χ1v) is 4.79. The van der Waals surface area contributed by atoms with Gasteiger partial charge in [-0.2, -0.15) is 0 Å². The lowest BCUT2D eigenvalue weighted by Crippen LogP contribution is -2.09. The van der Waals surface area contributed by atoms with Crippen LogP contribution in [0, 0.1) is 0 Å². The van der Waals surface area contributed by atoms with Crippen LogP contribution in [0.5, 0.6) is 0 Å². The molecule has 0 saturated heterocycles. The lowest BCUT2D eigenvalue weighted by atomic mass is 10.1. The fraction of sp³-hybridized carbons (Fsp3) is 0.364. The van der Waals surface area contributed by atoms with Crippen LogP contribution < -0.4 is 11.1 Å². The van der Waals surface area contributed by atoms with Gasteiger partial charge in [0.05, 0.1) is 0 Å². The minimum atomic E-state index is -0.0369. The van der Waals surface area contributed by atoms with Crippen molar-refractivity contribution in [2.45, 2.75) is 19.8 Å². The van der Waals surface area contributed by atoms with Gasteiger partial charge in [0.1, 0.15) is 0 Å². The zero-order valence-corrected chi connectivity index (χ0v) is 8.42. The van der Waals surface area contributed by atoms with E-state index >= 15 is 0 Å². The molecule has 0 aliphatic carbocycles. The molecule has 0 aliphatic rings. The Morgan fingerprint density at radius 3 is 2.79 bits per heavy atom. The second-order valence-electron chi connectivity index (χ2n) is 3.23. The van der Waals surface area contributed by atoms with Gasteiger partial charge in [-0.15, -0.1) is 0 Å². The maximum absolute atomic E-state index is 10.9. The van der Waals surface area contributed by atoms with Gasteiger partial charge in [-0.25, -0.2) is 0 Å². The van der Waals surface area contributed by atoms with Gasteiger partial charge in [0.15, 0.2) is 0 Å². The van der Waals surface area contributed by atoms with Gasteiger partial charge in [0, 0.05) is 12.6 Å². The Labute approximate surface area is 84.3 Å². The molecule has 0 radical (unpaired) electrons. The summed E-state index contributed by atoms with van der Waals surface area (Å²) in [6.45, 7) is 2.19. The van der Waals surface area contributed by atoms with Crippen LogP contribution in [0.15, 0.2) is 24.3 Å². The first-order chi connectivity index (χ1) is 6.74. The van der Waals surface area contributed by atoms with Gasteiger partial charge < -0.3 is 11.1 Å². The Hall–Kier alpha value is -1.35. The molecule has 1 aromatic carbocycles. The summed E-state index contributed by atoms with van der Waals surface area (Å²) in [5, 5.41) is 2.80. The van der Waals surface area contributed by atoms with Gasteiger partial charge in [0.2, 0.25) is 5.91 Å². The Kier molecular flexibility index (Phi) is 4.13. The topological polar surface area (TPSA) is 55.1 Å². The number of carbonyl (C=O) groups excluding carboxylic acids is 1. The normalized spacial score (nSPS) is 9.86. The summed E-state index contributed by atoms with van der Waals surface area (Å²) in [6, 6.07) is 7.81. The summed E-state index contributed by atoms with van der Waals surface area (Å²) in [4.78, 5) is 10.9. The highest BCUT2D eigenvalue weighted by Crippen LogP contribution is 2.16. The van der Waals surface area contributed by atoms with Crippen molar-refractivity contribution in [3.05, 3.63) is 29.8 Å². The molecule has 1 amide bonds. The minimum Gasteiger partial charge on any atom is -0.330 e. The first kappa shape index (κ1) is 10.7. The van der Waals surface area contributed by atoms with E-state index in [9.17, 15) is 4.79 Å². The average molecular weight is 192 g/mol. The summed E-state index contributed by atoms with van der Waals surface area (Å²) in [6.07, 6.45) is 1.85. The number of carbonyl (C=O) groups is 1. The second kappa shape index (κ2) is 5.40. The SMILES string of the molecule is CC(=O)Nc1ccccc1CCCN. The van der Waals surface area contributed by atoms with Crippen molar-refractivity contribution < 1.29 is 4.79 Å². The molecule has 3 heteroatoms. The smallest absolute Gasteiger partial charge is 0.221 e. The highest BCUT2D eigenvalue weighted by atomic mass is 16.1. The van der Waals surface area contributed by atoms with Crippen molar-refractivity contribution in [3.8, 4) is 0 Å². The summed E-state index contributed by atoms with van der Waals surface area (Å²) in [5.74, 6) is -0.0369. The molecule has 0 aliphatic heterocycles. The fourth-order valence-corrected chi connectivity index (χ4v) is 1.34. The molecule has 1 rings (SSSR count). The molecule has 0 spiro atoms. The number of aryl methyl sites for hydroxylation is 1. The number of hydrogen-bond donors (Lipinski definition) is 2. The van der Waals surface area contributed by atoms with E-state index in [1.807, 2.05) is 24.3 Å². The molecule has 1 aromatic rings. The van der Waals surface area contributed by atoms with E-state index in [2.05, 4.69) is 5.32 Å². The Bertz CT molecular complexity index is 310. The molecule has 3 nitrogen and oxygen atoms in total. The summed E-state index contributed by atoms with van der Waals surface area (Å²) >= 11 is 0. The van der Waals surface area contributed by atoms with Crippen LogP contribution in [-0.4, -0.2) is 12.5 Å². The van der Waals surface area contributed by atoms with Crippen LogP contribution in [0.4, 0.5) is 5.69 Å². The molecule has 0 heterocycles. The average Bonchev–Trinajstić information content (AvgIpc) is 2.16. The van der Waals surface area contributed by atoms with Gasteiger partial charge in [-0.1, -0.05) is 18.2 Å². The van der Waals surface area contributed by atoms with Gasteiger partial charge >= 0.3 is 0 Å². The fourth-order valence-electron chi connectivity index (χ4n) is 1.34. The van der Waals surface area contributed by atoms with Crippen LogP contribution >= 0.6 is 0 Å². The van der Waals surface area contributed by atoms with E-state index in [-0.39, 0.29) is 5.91 Å². The number of benzene rings is 1. The zero-order chi connectivity index (χ0) is 10.4. The number of hydrogen-bond acceptors (Lipinski definition) is 2. The number of para-hydroxylation sites is 1. The third-order valence-corrected chi connectivity index (χ3v) is 1.98. The number of rotatable bonds is 4. The quantitative estimate of drug-likeness (QED) is 0.760. The Balaban J connectivity index is 2.74. The van der Waals surface area contributed by atoms with Gasteiger partial charge in [0.25, 0.3) is 0 Å². The molecular weight excluding hydrogens is 176 g/mol. The third-order valence-electron chi connectivity index (χ3n) is 1.98. The molecule has 0 fully saturated rings. The molecule has 0 bridgehead atoms. The predicted octanol–water partition coefficient (Wildman–Crippen LogP) is 1.54.